The Hall–Kier alpha value is -2.55. The SMILES string of the molecule is Cc1cc(C)n2nc(C(=O)NCC(O)C(=O)O)nc2n1. The van der Waals surface area contributed by atoms with E-state index in [1.165, 1.54) is 4.52 Å². The average Bonchev–Trinajstić information content (AvgIpc) is 2.79. The highest BCUT2D eigenvalue weighted by atomic mass is 16.4. The van der Waals surface area contributed by atoms with E-state index in [4.69, 9.17) is 10.2 Å². The van der Waals surface area contributed by atoms with Crippen molar-refractivity contribution in [2.45, 2.75) is 20.0 Å². The van der Waals surface area contributed by atoms with Crippen molar-refractivity contribution >= 4 is 17.7 Å². The summed E-state index contributed by atoms with van der Waals surface area (Å²) < 4.78 is 1.41. The van der Waals surface area contributed by atoms with Crippen LogP contribution in [0.25, 0.3) is 5.78 Å². The molecule has 0 spiro atoms. The average molecular weight is 279 g/mol. The number of hydrogen-bond donors (Lipinski definition) is 3. The molecular weight excluding hydrogens is 266 g/mol. The molecule has 0 aliphatic rings. The summed E-state index contributed by atoms with van der Waals surface area (Å²) in [7, 11) is 0. The van der Waals surface area contributed by atoms with E-state index in [0.717, 1.165) is 11.4 Å². The molecule has 0 saturated heterocycles. The van der Waals surface area contributed by atoms with Gasteiger partial charge in [-0.05, 0) is 19.9 Å². The van der Waals surface area contributed by atoms with Crippen molar-refractivity contribution in [3.8, 4) is 0 Å². The van der Waals surface area contributed by atoms with Gasteiger partial charge >= 0.3 is 5.97 Å². The number of nitrogens with zero attached hydrogens (tertiary/aromatic N) is 4. The zero-order valence-electron chi connectivity index (χ0n) is 10.9. The highest BCUT2D eigenvalue weighted by Crippen LogP contribution is 2.05. The van der Waals surface area contributed by atoms with Crippen molar-refractivity contribution in [1.29, 1.82) is 0 Å². The van der Waals surface area contributed by atoms with Crippen molar-refractivity contribution in [3.05, 3.63) is 23.3 Å². The Kier molecular flexibility index (Phi) is 3.61. The topological polar surface area (TPSA) is 130 Å². The minimum Gasteiger partial charge on any atom is -0.479 e. The van der Waals surface area contributed by atoms with E-state index in [9.17, 15) is 9.59 Å². The van der Waals surface area contributed by atoms with Crippen LogP contribution in [0.3, 0.4) is 0 Å². The van der Waals surface area contributed by atoms with Gasteiger partial charge in [-0.15, -0.1) is 5.10 Å². The van der Waals surface area contributed by atoms with Gasteiger partial charge in [-0.3, -0.25) is 4.79 Å². The van der Waals surface area contributed by atoms with E-state index in [-0.39, 0.29) is 11.6 Å². The van der Waals surface area contributed by atoms with Crippen molar-refractivity contribution in [2.24, 2.45) is 0 Å². The molecule has 1 amide bonds. The molecule has 2 aromatic rings. The predicted molar refractivity (Wildman–Crippen MR) is 66.2 cm³/mol. The van der Waals surface area contributed by atoms with Gasteiger partial charge in [-0.1, -0.05) is 0 Å². The molecule has 0 aromatic carbocycles. The Morgan fingerprint density at radius 3 is 2.75 bits per heavy atom. The molecule has 9 nitrogen and oxygen atoms in total. The molecule has 106 valence electrons. The first-order valence-electron chi connectivity index (χ1n) is 5.78. The molecule has 0 fully saturated rings. The summed E-state index contributed by atoms with van der Waals surface area (Å²) in [5, 5.41) is 23.8. The number of aryl methyl sites for hydroxylation is 2. The number of carbonyl (C=O) groups excluding carboxylic acids is 1. The van der Waals surface area contributed by atoms with Crippen LogP contribution in [0.15, 0.2) is 6.07 Å². The number of fused-ring (bicyclic) bond motifs is 1. The fraction of sp³-hybridized carbons (Fsp3) is 0.364. The van der Waals surface area contributed by atoms with Crippen molar-refractivity contribution in [3.63, 3.8) is 0 Å². The van der Waals surface area contributed by atoms with Crippen LogP contribution in [0, 0.1) is 13.8 Å². The molecule has 1 atom stereocenters. The maximum Gasteiger partial charge on any atom is 0.334 e. The molecular formula is C11H13N5O4. The monoisotopic (exact) mass is 279 g/mol. The van der Waals surface area contributed by atoms with Gasteiger partial charge in [0.1, 0.15) is 0 Å². The van der Waals surface area contributed by atoms with E-state index in [1.807, 2.05) is 0 Å². The number of hydrogen-bond acceptors (Lipinski definition) is 6. The van der Waals surface area contributed by atoms with Crippen molar-refractivity contribution < 1.29 is 19.8 Å². The van der Waals surface area contributed by atoms with Crippen LogP contribution >= 0.6 is 0 Å². The highest BCUT2D eigenvalue weighted by molar-refractivity contribution is 5.91. The minimum atomic E-state index is -1.67. The first kappa shape index (κ1) is 13.9. The van der Waals surface area contributed by atoms with Gasteiger partial charge in [-0.25, -0.2) is 14.3 Å². The van der Waals surface area contributed by atoms with Crippen LogP contribution in [0.4, 0.5) is 0 Å². The third kappa shape index (κ3) is 2.72. The van der Waals surface area contributed by atoms with Gasteiger partial charge in [0.15, 0.2) is 6.10 Å². The standard InChI is InChI=1S/C11H13N5O4/c1-5-3-6(2)16-11(13-5)14-8(15-16)9(18)12-4-7(17)10(19)20/h3,7,17H,4H2,1-2H3,(H,12,18)(H,19,20). The molecule has 0 aliphatic heterocycles. The molecule has 2 rings (SSSR count). The van der Waals surface area contributed by atoms with E-state index in [2.05, 4.69) is 20.4 Å². The summed E-state index contributed by atoms with van der Waals surface area (Å²) in [6.07, 6.45) is -1.67. The summed E-state index contributed by atoms with van der Waals surface area (Å²) in [6.45, 7) is 3.17. The third-order valence-corrected chi connectivity index (χ3v) is 2.56. The van der Waals surface area contributed by atoms with Crippen LogP contribution in [0.1, 0.15) is 22.0 Å². The zero-order chi connectivity index (χ0) is 14.9. The summed E-state index contributed by atoms with van der Waals surface area (Å²) in [4.78, 5) is 30.3. The Bertz CT molecular complexity index is 681. The number of carboxylic acid groups (broad SMARTS) is 1. The molecule has 0 saturated carbocycles. The number of amides is 1. The normalized spacial score (nSPS) is 12.3. The molecule has 0 radical (unpaired) electrons. The third-order valence-electron chi connectivity index (χ3n) is 2.56. The molecule has 2 heterocycles. The molecule has 20 heavy (non-hydrogen) atoms. The van der Waals surface area contributed by atoms with E-state index in [1.54, 1.807) is 19.9 Å². The van der Waals surface area contributed by atoms with Crippen molar-refractivity contribution in [1.82, 2.24) is 24.9 Å². The Balaban J connectivity index is 2.19. The van der Waals surface area contributed by atoms with Gasteiger partial charge in [0.05, 0.1) is 6.54 Å². The number of aliphatic hydroxyl groups is 1. The summed E-state index contributed by atoms with van der Waals surface area (Å²) in [5.41, 5.74) is 1.51. The number of nitrogens with one attached hydrogen (secondary N) is 1. The Labute approximate surface area is 113 Å². The Morgan fingerprint density at radius 1 is 1.40 bits per heavy atom. The number of rotatable bonds is 4. The van der Waals surface area contributed by atoms with Crippen molar-refractivity contribution in [2.75, 3.05) is 6.54 Å². The van der Waals surface area contributed by atoms with Gasteiger partial charge in [0.25, 0.3) is 11.7 Å². The van der Waals surface area contributed by atoms with E-state index < -0.39 is 24.5 Å². The zero-order valence-corrected chi connectivity index (χ0v) is 10.9. The van der Waals surface area contributed by atoms with Crippen LogP contribution in [0.5, 0.6) is 0 Å². The smallest absolute Gasteiger partial charge is 0.334 e. The predicted octanol–water partition coefficient (Wildman–Crippen LogP) is -1.08. The minimum absolute atomic E-state index is 0.135. The second-order valence-corrected chi connectivity index (χ2v) is 4.25. The number of aliphatic hydroxyl groups excluding tert-OH is 1. The lowest BCUT2D eigenvalue weighted by atomic mass is 10.3. The van der Waals surface area contributed by atoms with Crippen LogP contribution in [0.2, 0.25) is 0 Å². The van der Waals surface area contributed by atoms with Gasteiger partial charge in [-0.2, -0.15) is 4.98 Å². The first-order chi connectivity index (χ1) is 9.38. The lowest BCUT2D eigenvalue weighted by molar-refractivity contribution is -0.146. The van der Waals surface area contributed by atoms with Gasteiger partial charge in [0.2, 0.25) is 5.82 Å². The van der Waals surface area contributed by atoms with Crippen LogP contribution in [-0.2, 0) is 4.79 Å². The van der Waals surface area contributed by atoms with Gasteiger partial charge < -0.3 is 15.5 Å². The number of aliphatic carboxylic acids is 1. The molecule has 0 bridgehead atoms. The number of aromatic nitrogens is 4. The number of carbonyl (C=O) groups is 2. The largest absolute Gasteiger partial charge is 0.479 e. The highest BCUT2D eigenvalue weighted by Gasteiger charge is 2.18. The van der Waals surface area contributed by atoms with Crippen LogP contribution in [-0.4, -0.2) is 54.3 Å². The quantitative estimate of drug-likeness (QED) is 0.648. The maximum absolute atomic E-state index is 11.8. The fourth-order valence-electron chi connectivity index (χ4n) is 1.62. The molecule has 2 aromatic heterocycles. The molecule has 9 heteroatoms. The number of carboxylic acids is 1. The molecule has 3 N–H and O–H groups in total. The second kappa shape index (κ2) is 5.21. The van der Waals surface area contributed by atoms with Gasteiger partial charge in [0, 0.05) is 11.4 Å². The molecule has 0 aliphatic carbocycles. The summed E-state index contributed by atoms with van der Waals surface area (Å²) in [6, 6.07) is 1.79. The summed E-state index contributed by atoms with van der Waals surface area (Å²) >= 11 is 0. The van der Waals surface area contributed by atoms with Crippen LogP contribution < -0.4 is 5.32 Å². The lowest BCUT2D eigenvalue weighted by Crippen LogP contribution is -2.36. The molecule has 1 unspecified atom stereocenters. The van der Waals surface area contributed by atoms with E-state index >= 15 is 0 Å². The summed E-state index contributed by atoms with van der Waals surface area (Å²) in [5.74, 6) is -1.94. The lowest BCUT2D eigenvalue weighted by Gasteiger charge is -2.05. The Morgan fingerprint density at radius 2 is 2.10 bits per heavy atom. The maximum atomic E-state index is 11.8. The fourth-order valence-corrected chi connectivity index (χ4v) is 1.62. The first-order valence-corrected chi connectivity index (χ1v) is 5.78. The van der Waals surface area contributed by atoms with E-state index in [0.29, 0.717) is 0 Å². The second-order valence-electron chi connectivity index (χ2n) is 4.25.